The van der Waals surface area contributed by atoms with Crippen LogP contribution in [0.4, 0.5) is 4.79 Å². The third-order valence-corrected chi connectivity index (χ3v) is 4.47. The monoisotopic (exact) mass is 334 g/mol. The minimum absolute atomic E-state index is 0.0364. The molecule has 1 aromatic rings. The average molecular weight is 335 g/mol. The first-order valence-electron chi connectivity index (χ1n) is 5.91. The molecular formula is C12H12Cl2N2O3S. The van der Waals surface area contributed by atoms with Crippen LogP contribution in [0, 0.1) is 5.92 Å². The van der Waals surface area contributed by atoms with Crippen LogP contribution in [0.15, 0.2) is 6.07 Å². The normalized spacial score (nSPS) is 18.9. The number of urea groups is 1. The van der Waals surface area contributed by atoms with Crippen LogP contribution in [0.1, 0.15) is 24.2 Å². The molecule has 2 rings (SSSR count). The van der Waals surface area contributed by atoms with E-state index in [0.717, 1.165) is 16.2 Å². The van der Waals surface area contributed by atoms with Crippen molar-refractivity contribution in [2.24, 2.45) is 5.92 Å². The highest BCUT2D eigenvalue weighted by atomic mass is 35.5. The molecule has 0 bridgehead atoms. The Balaban J connectivity index is 2.14. The van der Waals surface area contributed by atoms with E-state index in [-0.39, 0.29) is 22.4 Å². The molecule has 2 heterocycles. The molecule has 1 aliphatic heterocycles. The van der Waals surface area contributed by atoms with Gasteiger partial charge in [0.1, 0.15) is 10.4 Å². The highest BCUT2D eigenvalue weighted by Gasteiger charge is 2.40. The van der Waals surface area contributed by atoms with Crippen molar-refractivity contribution in [1.29, 1.82) is 0 Å². The maximum atomic E-state index is 12.1. The number of carbonyl (C=O) groups is 3. The zero-order chi connectivity index (χ0) is 15.0. The van der Waals surface area contributed by atoms with Crippen molar-refractivity contribution in [2.45, 2.75) is 19.9 Å². The van der Waals surface area contributed by atoms with E-state index in [1.165, 1.54) is 6.07 Å². The second-order valence-electron chi connectivity index (χ2n) is 4.76. The molecule has 1 atom stereocenters. The summed E-state index contributed by atoms with van der Waals surface area (Å²) in [6.07, 6.45) is 0. The Morgan fingerprint density at radius 1 is 1.45 bits per heavy atom. The van der Waals surface area contributed by atoms with Gasteiger partial charge in [0.15, 0.2) is 5.78 Å². The van der Waals surface area contributed by atoms with Gasteiger partial charge < -0.3 is 5.32 Å². The molecule has 1 saturated heterocycles. The molecule has 0 aromatic carbocycles. The van der Waals surface area contributed by atoms with Crippen molar-refractivity contribution in [1.82, 2.24) is 10.2 Å². The first kappa shape index (κ1) is 15.3. The predicted octanol–water partition coefficient (Wildman–Crippen LogP) is 2.81. The van der Waals surface area contributed by atoms with Crippen LogP contribution in [-0.2, 0) is 4.79 Å². The largest absolute Gasteiger partial charge is 0.326 e. The number of carbonyl (C=O) groups excluding carboxylic acids is 3. The Bertz CT molecular complexity index is 585. The number of nitrogens with zero attached hydrogens (tertiary/aromatic N) is 1. The Kier molecular flexibility index (Phi) is 4.36. The number of hydrogen-bond donors (Lipinski definition) is 1. The molecule has 0 radical (unpaired) electrons. The molecule has 1 fully saturated rings. The highest BCUT2D eigenvalue weighted by molar-refractivity contribution is 7.20. The van der Waals surface area contributed by atoms with Crippen LogP contribution in [0.3, 0.4) is 0 Å². The van der Waals surface area contributed by atoms with E-state index in [2.05, 4.69) is 5.32 Å². The lowest BCUT2D eigenvalue weighted by molar-refractivity contribution is -0.127. The van der Waals surface area contributed by atoms with Gasteiger partial charge in [-0.25, -0.2) is 4.79 Å². The lowest BCUT2D eigenvalue weighted by atomic mass is 10.0. The number of hydrogen-bond acceptors (Lipinski definition) is 4. The standard InChI is InChI=1S/C12H12Cl2N2O3S/c1-5(2)9-11(18)16(12(19)15-9)4-7(17)6-3-8(13)20-10(6)14/h3,5,9H,4H2,1-2H3,(H,15,19)/t9-/m1/s1. The van der Waals surface area contributed by atoms with Crippen LogP contribution < -0.4 is 5.32 Å². The molecule has 0 spiro atoms. The molecule has 108 valence electrons. The first-order valence-corrected chi connectivity index (χ1v) is 7.48. The minimum Gasteiger partial charge on any atom is -0.326 e. The average Bonchev–Trinajstić information content (AvgIpc) is 2.82. The molecule has 0 unspecified atom stereocenters. The second-order valence-corrected chi connectivity index (χ2v) is 7.04. The summed E-state index contributed by atoms with van der Waals surface area (Å²) in [5, 5.41) is 2.56. The maximum Gasteiger partial charge on any atom is 0.325 e. The van der Waals surface area contributed by atoms with Gasteiger partial charge in [-0.1, -0.05) is 37.0 Å². The van der Waals surface area contributed by atoms with Crippen molar-refractivity contribution in [3.8, 4) is 0 Å². The molecule has 0 aliphatic carbocycles. The minimum atomic E-state index is -0.586. The van der Waals surface area contributed by atoms with Gasteiger partial charge in [0.2, 0.25) is 0 Å². The van der Waals surface area contributed by atoms with Crippen molar-refractivity contribution in [3.63, 3.8) is 0 Å². The van der Waals surface area contributed by atoms with Gasteiger partial charge in [-0.2, -0.15) is 0 Å². The fourth-order valence-corrected chi connectivity index (χ4v) is 3.40. The third-order valence-electron chi connectivity index (χ3n) is 2.98. The van der Waals surface area contributed by atoms with Crippen LogP contribution in [-0.4, -0.2) is 35.2 Å². The quantitative estimate of drug-likeness (QED) is 0.680. The molecule has 5 nitrogen and oxygen atoms in total. The van der Waals surface area contributed by atoms with Gasteiger partial charge in [-0.3, -0.25) is 14.5 Å². The topological polar surface area (TPSA) is 66.5 Å². The Hall–Kier alpha value is -1.11. The summed E-state index contributed by atoms with van der Waals surface area (Å²) < 4.78 is 0.642. The fraction of sp³-hybridized carbons (Fsp3) is 0.417. The van der Waals surface area contributed by atoms with Crippen molar-refractivity contribution >= 4 is 52.3 Å². The van der Waals surface area contributed by atoms with Gasteiger partial charge in [0, 0.05) is 0 Å². The SMILES string of the molecule is CC(C)[C@H]1NC(=O)N(CC(=O)c2cc(Cl)sc2Cl)C1=O. The first-order chi connectivity index (χ1) is 9.31. The predicted molar refractivity (Wildman–Crippen MR) is 77.5 cm³/mol. The molecule has 8 heteroatoms. The van der Waals surface area contributed by atoms with E-state index < -0.39 is 23.8 Å². The zero-order valence-electron chi connectivity index (χ0n) is 10.8. The molecule has 1 N–H and O–H groups in total. The second kappa shape index (κ2) is 5.71. The van der Waals surface area contributed by atoms with E-state index in [1.54, 1.807) is 0 Å². The Labute approximate surface area is 129 Å². The highest BCUT2D eigenvalue weighted by Crippen LogP contribution is 2.31. The smallest absolute Gasteiger partial charge is 0.325 e. The number of thiophene rings is 1. The van der Waals surface area contributed by atoms with Gasteiger partial charge in [-0.15, -0.1) is 11.3 Å². The number of Topliss-reactive ketones (excluding diaryl/α,β-unsaturated/α-hetero) is 1. The van der Waals surface area contributed by atoms with E-state index in [4.69, 9.17) is 23.2 Å². The lowest BCUT2D eigenvalue weighted by Gasteiger charge is -2.13. The van der Waals surface area contributed by atoms with Crippen molar-refractivity contribution < 1.29 is 14.4 Å². The van der Waals surface area contributed by atoms with Crippen molar-refractivity contribution in [2.75, 3.05) is 6.54 Å². The van der Waals surface area contributed by atoms with Gasteiger partial charge in [0.25, 0.3) is 5.91 Å². The molecule has 1 aromatic heterocycles. The number of imide groups is 1. The molecule has 20 heavy (non-hydrogen) atoms. The number of halogens is 2. The molecule has 3 amide bonds. The van der Waals surface area contributed by atoms with Crippen LogP contribution in [0.2, 0.25) is 8.67 Å². The summed E-state index contributed by atoms with van der Waals surface area (Å²) in [5.74, 6) is -0.840. The van der Waals surface area contributed by atoms with Gasteiger partial charge in [-0.05, 0) is 12.0 Å². The summed E-state index contributed by atoms with van der Waals surface area (Å²) in [7, 11) is 0. The van der Waals surface area contributed by atoms with E-state index in [0.29, 0.717) is 4.34 Å². The third kappa shape index (κ3) is 2.82. The Morgan fingerprint density at radius 3 is 2.55 bits per heavy atom. The summed E-state index contributed by atoms with van der Waals surface area (Å²) in [4.78, 5) is 36.8. The van der Waals surface area contributed by atoms with Gasteiger partial charge in [0.05, 0.1) is 16.4 Å². The number of nitrogens with one attached hydrogen (secondary N) is 1. The zero-order valence-corrected chi connectivity index (χ0v) is 13.1. The van der Waals surface area contributed by atoms with Gasteiger partial charge >= 0.3 is 6.03 Å². The maximum absolute atomic E-state index is 12.1. The van der Waals surface area contributed by atoms with Crippen LogP contribution in [0.25, 0.3) is 0 Å². The lowest BCUT2D eigenvalue weighted by Crippen LogP contribution is -2.37. The number of amides is 3. The van der Waals surface area contributed by atoms with E-state index in [1.807, 2.05) is 13.8 Å². The van der Waals surface area contributed by atoms with Crippen molar-refractivity contribution in [3.05, 3.63) is 20.3 Å². The molecule has 1 aliphatic rings. The summed E-state index contributed by atoms with van der Waals surface area (Å²) >= 11 is 12.7. The fourth-order valence-electron chi connectivity index (χ4n) is 1.90. The van der Waals surface area contributed by atoms with Crippen LogP contribution >= 0.6 is 34.5 Å². The summed E-state index contributed by atoms with van der Waals surface area (Å²) in [5.41, 5.74) is 0.232. The molecular weight excluding hydrogens is 323 g/mol. The summed E-state index contributed by atoms with van der Waals surface area (Å²) in [6.45, 7) is 3.31. The molecule has 0 saturated carbocycles. The van der Waals surface area contributed by atoms with Crippen LogP contribution in [0.5, 0.6) is 0 Å². The van der Waals surface area contributed by atoms with E-state index in [9.17, 15) is 14.4 Å². The number of rotatable bonds is 4. The Morgan fingerprint density at radius 2 is 2.10 bits per heavy atom. The van der Waals surface area contributed by atoms with E-state index >= 15 is 0 Å². The summed E-state index contributed by atoms with van der Waals surface area (Å²) in [6, 6.07) is 0.297. The number of ketones is 1.